The maximum Gasteiger partial charge on any atom is 0.317 e. The van der Waals surface area contributed by atoms with Gasteiger partial charge >= 0.3 is 5.97 Å². The fourth-order valence-corrected chi connectivity index (χ4v) is 0.922. The molecule has 0 aliphatic rings. The number of carboxylic acid groups (broad SMARTS) is 1. The van der Waals surface area contributed by atoms with Crippen LogP contribution in [-0.2, 0) is 4.79 Å². The molecule has 0 saturated heterocycles. The highest BCUT2D eigenvalue weighted by Gasteiger charge is 2.05. The third kappa shape index (κ3) is 11.4. The zero-order chi connectivity index (χ0) is 10.7. The van der Waals surface area contributed by atoms with Crippen LogP contribution < -0.4 is 0 Å². The Balaban J connectivity index is 0. The molecule has 0 aromatic heterocycles. The van der Waals surface area contributed by atoms with E-state index in [0.29, 0.717) is 0 Å². The first-order valence-corrected chi connectivity index (χ1v) is 5.14. The molecule has 0 aromatic carbocycles. The minimum atomic E-state index is -0.733. The fraction of sp³-hybridized carbons (Fsp3) is 0.900. The molecular weight excluding hydrogens is 166 g/mol. The summed E-state index contributed by atoms with van der Waals surface area (Å²) in [6, 6.07) is 0. The van der Waals surface area contributed by atoms with Gasteiger partial charge in [0.05, 0.1) is 6.54 Å². The second kappa shape index (κ2) is 11.4. The van der Waals surface area contributed by atoms with Gasteiger partial charge in [-0.25, -0.2) is 0 Å². The van der Waals surface area contributed by atoms with Gasteiger partial charge in [0, 0.05) is 0 Å². The van der Waals surface area contributed by atoms with E-state index in [4.69, 9.17) is 5.11 Å². The second-order valence-corrected chi connectivity index (χ2v) is 2.62. The van der Waals surface area contributed by atoms with Crippen molar-refractivity contribution in [3.63, 3.8) is 0 Å². The van der Waals surface area contributed by atoms with Crippen LogP contribution in [0.3, 0.4) is 0 Å². The normalized spacial score (nSPS) is 9.31. The van der Waals surface area contributed by atoms with Crippen LogP contribution in [0.2, 0.25) is 0 Å². The average Bonchev–Trinajstić information content (AvgIpc) is 2.15. The Bertz CT molecular complexity index is 115. The van der Waals surface area contributed by atoms with Crippen molar-refractivity contribution in [3.05, 3.63) is 0 Å². The van der Waals surface area contributed by atoms with E-state index >= 15 is 0 Å². The van der Waals surface area contributed by atoms with Gasteiger partial charge in [-0.3, -0.25) is 9.69 Å². The number of carboxylic acids is 1. The number of rotatable bonds is 6. The van der Waals surface area contributed by atoms with Crippen molar-refractivity contribution in [2.45, 2.75) is 40.5 Å². The van der Waals surface area contributed by atoms with Gasteiger partial charge in [0.2, 0.25) is 0 Å². The van der Waals surface area contributed by atoms with Gasteiger partial charge < -0.3 is 5.11 Å². The Morgan fingerprint density at radius 1 is 1.31 bits per heavy atom. The van der Waals surface area contributed by atoms with Gasteiger partial charge in [-0.15, -0.1) is 0 Å². The van der Waals surface area contributed by atoms with E-state index in [-0.39, 0.29) is 6.54 Å². The van der Waals surface area contributed by atoms with Crippen LogP contribution in [0.5, 0.6) is 0 Å². The average molecular weight is 189 g/mol. The quantitative estimate of drug-likeness (QED) is 0.696. The Morgan fingerprint density at radius 2 is 1.85 bits per heavy atom. The number of carbonyl (C=O) groups is 1. The first-order valence-electron chi connectivity index (χ1n) is 5.14. The highest BCUT2D eigenvalue weighted by molar-refractivity contribution is 5.69. The number of aliphatic carboxylic acids is 1. The van der Waals surface area contributed by atoms with Gasteiger partial charge in [0.25, 0.3) is 0 Å². The van der Waals surface area contributed by atoms with E-state index in [1.807, 2.05) is 25.7 Å². The van der Waals surface area contributed by atoms with E-state index in [1.54, 1.807) is 0 Å². The molecule has 3 nitrogen and oxygen atoms in total. The molecule has 0 fully saturated rings. The summed E-state index contributed by atoms with van der Waals surface area (Å²) in [7, 11) is 0. The molecule has 80 valence electrons. The van der Waals surface area contributed by atoms with Crippen LogP contribution in [0.1, 0.15) is 40.5 Å². The molecule has 3 heteroatoms. The van der Waals surface area contributed by atoms with Crippen LogP contribution in [0, 0.1) is 0 Å². The lowest BCUT2D eigenvalue weighted by atomic mass is 10.3. The lowest BCUT2D eigenvalue weighted by Gasteiger charge is -2.16. The van der Waals surface area contributed by atoms with Gasteiger partial charge in [-0.05, 0) is 19.5 Å². The fourth-order valence-electron chi connectivity index (χ4n) is 0.922. The van der Waals surface area contributed by atoms with Crippen LogP contribution in [-0.4, -0.2) is 35.6 Å². The molecule has 1 N–H and O–H groups in total. The highest BCUT2D eigenvalue weighted by atomic mass is 16.4. The Hall–Kier alpha value is -0.570. The summed E-state index contributed by atoms with van der Waals surface area (Å²) >= 11 is 0. The molecule has 0 rings (SSSR count). The van der Waals surface area contributed by atoms with Gasteiger partial charge in [0.1, 0.15) is 0 Å². The SMILES string of the molecule is CC.CCCCN(CC)CC(=O)O. The molecule has 13 heavy (non-hydrogen) atoms. The molecule has 0 atom stereocenters. The van der Waals surface area contributed by atoms with Crippen molar-refractivity contribution in [2.75, 3.05) is 19.6 Å². The number of hydrogen-bond donors (Lipinski definition) is 1. The minimum absolute atomic E-state index is 0.177. The van der Waals surface area contributed by atoms with Gasteiger partial charge in [0.15, 0.2) is 0 Å². The smallest absolute Gasteiger partial charge is 0.317 e. The summed E-state index contributed by atoms with van der Waals surface area (Å²) in [5.74, 6) is -0.733. The predicted octanol–water partition coefficient (Wildman–Crippen LogP) is 2.22. The molecule has 0 aliphatic carbocycles. The predicted molar refractivity (Wildman–Crippen MR) is 56.0 cm³/mol. The second-order valence-electron chi connectivity index (χ2n) is 2.62. The summed E-state index contributed by atoms with van der Waals surface area (Å²) in [6.07, 6.45) is 2.21. The van der Waals surface area contributed by atoms with E-state index in [0.717, 1.165) is 25.9 Å². The summed E-state index contributed by atoms with van der Waals surface area (Å²) in [6.45, 7) is 10.00. The Kier molecular flexibility index (Phi) is 13.1. The van der Waals surface area contributed by atoms with E-state index in [9.17, 15) is 4.79 Å². The van der Waals surface area contributed by atoms with E-state index in [1.165, 1.54) is 0 Å². The van der Waals surface area contributed by atoms with Crippen LogP contribution in [0.25, 0.3) is 0 Å². The molecule has 0 unspecified atom stereocenters. The van der Waals surface area contributed by atoms with Crippen LogP contribution in [0.4, 0.5) is 0 Å². The molecule has 0 saturated carbocycles. The summed E-state index contributed by atoms with van der Waals surface area (Å²) in [5, 5.41) is 8.47. The summed E-state index contributed by atoms with van der Waals surface area (Å²) in [5.41, 5.74) is 0. The Morgan fingerprint density at radius 3 is 2.15 bits per heavy atom. The topological polar surface area (TPSA) is 40.5 Å². The molecule has 0 spiro atoms. The summed E-state index contributed by atoms with van der Waals surface area (Å²) < 4.78 is 0. The monoisotopic (exact) mass is 189 g/mol. The minimum Gasteiger partial charge on any atom is -0.480 e. The maximum atomic E-state index is 10.3. The van der Waals surface area contributed by atoms with Gasteiger partial charge in [-0.1, -0.05) is 34.1 Å². The third-order valence-corrected chi connectivity index (χ3v) is 1.63. The zero-order valence-corrected chi connectivity index (χ0v) is 9.34. The number of unbranched alkanes of at least 4 members (excludes halogenated alkanes) is 1. The third-order valence-electron chi connectivity index (χ3n) is 1.63. The van der Waals surface area contributed by atoms with Crippen molar-refractivity contribution < 1.29 is 9.90 Å². The standard InChI is InChI=1S/C8H17NO2.C2H6/c1-3-5-6-9(4-2)7-8(10)11;1-2/h3-7H2,1-2H3,(H,10,11);1-2H3. The van der Waals surface area contributed by atoms with Crippen molar-refractivity contribution >= 4 is 5.97 Å². The number of nitrogens with zero attached hydrogens (tertiary/aromatic N) is 1. The summed E-state index contributed by atoms with van der Waals surface area (Å²) in [4.78, 5) is 12.2. The van der Waals surface area contributed by atoms with E-state index < -0.39 is 5.97 Å². The Labute approximate surface area is 81.7 Å². The van der Waals surface area contributed by atoms with Crippen molar-refractivity contribution in [2.24, 2.45) is 0 Å². The van der Waals surface area contributed by atoms with Crippen LogP contribution in [0.15, 0.2) is 0 Å². The van der Waals surface area contributed by atoms with Crippen molar-refractivity contribution in [1.82, 2.24) is 4.90 Å². The van der Waals surface area contributed by atoms with Crippen molar-refractivity contribution in [3.8, 4) is 0 Å². The molecule has 0 bridgehead atoms. The maximum absolute atomic E-state index is 10.3. The lowest BCUT2D eigenvalue weighted by molar-refractivity contribution is -0.138. The molecule has 0 aromatic rings. The first kappa shape index (κ1) is 14.9. The molecule has 0 heterocycles. The number of likely N-dealkylation sites (N-methyl/N-ethyl adjacent to an activating group) is 1. The van der Waals surface area contributed by atoms with Crippen LogP contribution >= 0.6 is 0 Å². The lowest BCUT2D eigenvalue weighted by Crippen LogP contribution is -2.30. The van der Waals surface area contributed by atoms with E-state index in [2.05, 4.69) is 6.92 Å². The first-order chi connectivity index (χ1) is 6.20. The highest BCUT2D eigenvalue weighted by Crippen LogP contribution is 1.93. The molecule has 0 radical (unpaired) electrons. The van der Waals surface area contributed by atoms with Crippen molar-refractivity contribution in [1.29, 1.82) is 0 Å². The van der Waals surface area contributed by atoms with Gasteiger partial charge in [-0.2, -0.15) is 0 Å². The molecular formula is C10H23NO2. The molecule has 0 aliphatic heterocycles. The number of hydrogen-bond acceptors (Lipinski definition) is 2. The molecule has 0 amide bonds. The zero-order valence-electron chi connectivity index (χ0n) is 9.34. The largest absolute Gasteiger partial charge is 0.480 e.